The van der Waals surface area contributed by atoms with E-state index < -0.39 is 11.8 Å². The van der Waals surface area contributed by atoms with E-state index in [0.717, 1.165) is 22.7 Å². The van der Waals surface area contributed by atoms with Crippen LogP contribution in [0.2, 0.25) is 0 Å². The summed E-state index contributed by atoms with van der Waals surface area (Å²) in [4.78, 5) is 51.9. The first-order chi connectivity index (χ1) is 17.2. The van der Waals surface area contributed by atoms with E-state index in [0.29, 0.717) is 16.9 Å². The Morgan fingerprint density at radius 2 is 1.47 bits per heavy atom. The van der Waals surface area contributed by atoms with E-state index in [-0.39, 0.29) is 34.4 Å². The van der Waals surface area contributed by atoms with Gasteiger partial charge in [-0.2, -0.15) is 0 Å². The molecule has 4 bridgehead atoms. The van der Waals surface area contributed by atoms with Crippen LogP contribution in [0.15, 0.2) is 42.5 Å². The van der Waals surface area contributed by atoms with Crippen LogP contribution in [0, 0.1) is 23.2 Å². The summed E-state index contributed by atoms with van der Waals surface area (Å²) in [7, 11) is 0. The van der Waals surface area contributed by atoms with Gasteiger partial charge >= 0.3 is 0 Å². The zero-order valence-electron chi connectivity index (χ0n) is 20.7. The fourth-order valence-corrected chi connectivity index (χ4v) is 7.65. The molecule has 2 N–H and O–H groups in total. The van der Waals surface area contributed by atoms with Crippen LogP contribution in [-0.2, 0) is 4.79 Å². The van der Waals surface area contributed by atoms with Gasteiger partial charge < -0.3 is 10.6 Å². The molecular formula is C29H31N3O4. The van der Waals surface area contributed by atoms with Crippen molar-refractivity contribution in [1.29, 1.82) is 0 Å². The second-order valence-electron chi connectivity index (χ2n) is 11.4. The van der Waals surface area contributed by atoms with Crippen LogP contribution in [0.5, 0.6) is 0 Å². The van der Waals surface area contributed by atoms with Gasteiger partial charge in [0.2, 0.25) is 5.91 Å². The quantitative estimate of drug-likeness (QED) is 0.596. The number of benzene rings is 2. The fourth-order valence-electron chi connectivity index (χ4n) is 7.65. The van der Waals surface area contributed by atoms with Crippen LogP contribution in [0.1, 0.15) is 83.4 Å². The second-order valence-corrected chi connectivity index (χ2v) is 11.4. The minimum absolute atomic E-state index is 0.0719. The summed E-state index contributed by atoms with van der Waals surface area (Å²) in [6.45, 7) is 3.55. The summed E-state index contributed by atoms with van der Waals surface area (Å²) in [5, 5.41) is 5.92. The molecular weight excluding hydrogens is 454 g/mol. The second kappa shape index (κ2) is 8.29. The highest BCUT2D eigenvalue weighted by atomic mass is 16.2. The number of rotatable bonds is 5. The predicted molar refractivity (Wildman–Crippen MR) is 136 cm³/mol. The normalized spacial score (nSPS) is 28.7. The first-order valence-corrected chi connectivity index (χ1v) is 12.9. The minimum atomic E-state index is -0.453. The van der Waals surface area contributed by atoms with Crippen LogP contribution in [0.4, 0.5) is 11.4 Å². The zero-order valence-corrected chi connectivity index (χ0v) is 20.7. The van der Waals surface area contributed by atoms with Crippen molar-refractivity contribution in [3.63, 3.8) is 0 Å². The Morgan fingerprint density at radius 3 is 2.06 bits per heavy atom. The van der Waals surface area contributed by atoms with Crippen LogP contribution in [-0.4, -0.2) is 29.7 Å². The number of imide groups is 1. The van der Waals surface area contributed by atoms with Crippen molar-refractivity contribution in [1.82, 2.24) is 5.32 Å². The Hall–Kier alpha value is -3.48. The lowest BCUT2D eigenvalue weighted by Gasteiger charge is -2.59. The molecule has 7 heteroatoms. The number of anilines is 2. The molecule has 186 valence electrons. The Balaban J connectivity index is 1.19. The van der Waals surface area contributed by atoms with Crippen molar-refractivity contribution in [2.75, 3.05) is 10.2 Å². The van der Waals surface area contributed by atoms with Crippen molar-refractivity contribution >= 4 is 35.0 Å². The number of amides is 4. The Morgan fingerprint density at radius 1 is 0.889 bits per heavy atom. The average Bonchev–Trinajstić information content (AvgIpc) is 3.08. The zero-order chi connectivity index (χ0) is 25.2. The summed E-state index contributed by atoms with van der Waals surface area (Å²) in [6, 6.07) is 11.4. The van der Waals surface area contributed by atoms with E-state index >= 15 is 0 Å². The predicted octanol–water partition coefficient (Wildman–Crippen LogP) is 4.78. The van der Waals surface area contributed by atoms with Crippen molar-refractivity contribution in [2.45, 2.75) is 58.4 Å². The summed E-state index contributed by atoms with van der Waals surface area (Å²) in [5.74, 6) is 1.14. The highest BCUT2D eigenvalue weighted by Crippen LogP contribution is 2.61. The van der Waals surface area contributed by atoms with E-state index in [1.807, 2.05) is 0 Å². The maximum absolute atomic E-state index is 13.3. The van der Waals surface area contributed by atoms with Crippen molar-refractivity contribution in [3.05, 3.63) is 59.2 Å². The van der Waals surface area contributed by atoms with E-state index in [1.54, 1.807) is 42.5 Å². The molecule has 0 radical (unpaired) electrons. The molecule has 2 aromatic carbocycles. The average molecular weight is 486 g/mol. The smallest absolute Gasteiger partial charge is 0.266 e. The van der Waals surface area contributed by atoms with Gasteiger partial charge in [0.05, 0.1) is 16.8 Å². The molecule has 4 amide bonds. The van der Waals surface area contributed by atoms with E-state index in [2.05, 4.69) is 17.6 Å². The van der Waals surface area contributed by atoms with Gasteiger partial charge in [-0.3, -0.25) is 19.2 Å². The Kier molecular flexibility index (Phi) is 5.28. The van der Waals surface area contributed by atoms with Crippen LogP contribution >= 0.6 is 0 Å². The molecule has 4 fully saturated rings. The molecule has 7 rings (SSSR count). The molecule has 1 unspecified atom stereocenters. The number of carbonyl (C=O) groups excluding carboxylic acids is 4. The Labute approximate surface area is 210 Å². The van der Waals surface area contributed by atoms with Crippen molar-refractivity contribution in [2.24, 2.45) is 23.2 Å². The van der Waals surface area contributed by atoms with Gasteiger partial charge in [-0.05, 0) is 111 Å². The molecule has 1 heterocycles. The molecule has 1 atom stereocenters. The van der Waals surface area contributed by atoms with Crippen LogP contribution in [0.3, 0.4) is 0 Å². The number of nitrogens with one attached hydrogen (secondary N) is 2. The SMILES string of the molecule is CC(=O)Nc1ccc(N2C(=O)c3ccc(C(=O)NC(C)C45CC6CC(CC(C6)C4)C5)cc3C2=O)cc1. The Bertz CT molecular complexity index is 1250. The van der Waals surface area contributed by atoms with Gasteiger partial charge in [0.15, 0.2) is 0 Å². The highest BCUT2D eigenvalue weighted by molar-refractivity contribution is 6.34. The van der Waals surface area contributed by atoms with E-state index in [1.165, 1.54) is 45.4 Å². The minimum Gasteiger partial charge on any atom is -0.349 e. The van der Waals surface area contributed by atoms with Crippen molar-refractivity contribution < 1.29 is 19.2 Å². The van der Waals surface area contributed by atoms with Crippen LogP contribution < -0.4 is 15.5 Å². The molecule has 0 spiro atoms. The largest absolute Gasteiger partial charge is 0.349 e. The molecule has 36 heavy (non-hydrogen) atoms. The molecule has 4 saturated carbocycles. The first-order valence-electron chi connectivity index (χ1n) is 12.9. The van der Waals surface area contributed by atoms with Gasteiger partial charge in [-0.15, -0.1) is 0 Å². The summed E-state index contributed by atoms with van der Waals surface area (Å²) < 4.78 is 0. The maximum atomic E-state index is 13.3. The number of nitrogens with zero attached hydrogens (tertiary/aromatic N) is 1. The number of hydrogen-bond acceptors (Lipinski definition) is 4. The van der Waals surface area contributed by atoms with Gasteiger partial charge in [0, 0.05) is 24.2 Å². The summed E-state index contributed by atoms with van der Waals surface area (Å²) in [6.07, 6.45) is 7.67. The van der Waals surface area contributed by atoms with E-state index in [4.69, 9.17) is 0 Å². The summed E-state index contributed by atoms with van der Waals surface area (Å²) >= 11 is 0. The topological polar surface area (TPSA) is 95.6 Å². The lowest BCUT2D eigenvalue weighted by atomic mass is 9.48. The molecule has 0 saturated heterocycles. The third-order valence-electron chi connectivity index (χ3n) is 8.95. The molecule has 5 aliphatic rings. The molecule has 1 aliphatic heterocycles. The van der Waals surface area contributed by atoms with Gasteiger partial charge in [-0.1, -0.05) is 0 Å². The fraction of sp³-hybridized carbons (Fsp3) is 0.448. The van der Waals surface area contributed by atoms with Gasteiger partial charge in [0.1, 0.15) is 0 Å². The number of carbonyl (C=O) groups is 4. The monoisotopic (exact) mass is 485 g/mol. The lowest BCUT2D eigenvalue weighted by molar-refractivity contribution is -0.114. The van der Waals surface area contributed by atoms with Gasteiger partial charge in [0.25, 0.3) is 17.7 Å². The third-order valence-corrected chi connectivity index (χ3v) is 8.95. The summed E-state index contributed by atoms with van der Waals surface area (Å²) in [5.41, 5.74) is 2.10. The third kappa shape index (κ3) is 3.72. The molecule has 7 nitrogen and oxygen atoms in total. The molecule has 2 aromatic rings. The van der Waals surface area contributed by atoms with E-state index in [9.17, 15) is 19.2 Å². The molecule has 0 aromatic heterocycles. The standard InChI is InChI=1S/C29H31N3O4/c1-16(29-13-18-9-19(14-29)11-20(10-18)15-29)30-26(34)21-3-8-24-25(12-21)28(36)32(27(24)35)23-6-4-22(5-7-23)31-17(2)33/h3-8,12,16,18-20H,9-11,13-15H2,1-2H3,(H,30,34)(H,31,33). The van der Waals surface area contributed by atoms with Gasteiger partial charge in [-0.25, -0.2) is 4.90 Å². The maximum Gasteiger partial charge on any atom is 0.266 e. The lowest BCUT2D eigenvalue weighted by Crippen LogP contribution is -2.55. The molecule has 4 aliphatic carbocycles. The highest BCUT2D eigenvalue weighted by Gasteiger charge is 2.53. The van der Waals surface area contributed by atoms with Crippen molar-refractivity contribution in [3.8, 4) is 0 Å². The number of fused-ring (bicyclic) bond motifs is 1. The van der Waals surface area contributed by atoms with Crippen LogP contribution in [0.25, 0.3) is 0 Å². The first kappa shape index (κ1) is 23.0. The number of hydrogen-bond donors (Lipinski definition) is 2.